The van der Waals surface area contributed by atoms with Gasteiger partial charge in [-0.15, -0.1) is 0 Å². The van der Waals surface area contributed by atoms with Crippen molar-refractivity contribution in [1.82, 2.24) is 4.57 Å². The molecule has 1 atom stereocenters. The topological polar surface area (TPSA) is 88.4 Å². The average molecular weight is 706 g/mol. The van der Waals surface area contributed by atoms with Crippen molar-refractivity contribution in [2.75, 3.05) is 14.2 Å². The predicted molar refractivity (Wildman–Crippen MR) is 184 cm³/mol. The fourth-order valence-corrected chi connectivity index (χ4v) is 7.13. The van der Waals surface area contributed by atoms with E-state index >= 15 is 0 Å². The van der Waals surface area contributed by atoms with E-state index in [1.165, 1.54) is 28.0 Å². The maximum Gasteiger partial charge on any atom is 0.338 e. The maximum atomic E-state index is 14.2. The van der Waals surface area contributed by atoms with Crippen molar-refractivity contribution in [3.8, 4) is 17.2 Å². The van der Waals surface area contributed by atoms with Gasteiger partial charge in [-0.3, -0.25) is 9.36 Å². The van der Waals surface area contributed by atoms with Crippen molar-refractivity contribution >= 4 is 39.3 Å². The number of ether oxygens (including phenoxy) is 4. The lowest BCUT2D eigenvalue weighted by Crippen LogP contribution is -2.40. The molecule has 10 heteroatoms. The Bertz CT molecular complexity index is 2020. The third kappa shape index (κ3) is 6.69. The third-order valence-corrected chi connectivity index (χ3v) is 9.24. The number of carbonyl (C=O) groups is 1. The van der Waals surface area contributed by atoms with E-state index in [-0.39, 0.29) is 17.2 Å². The molecule has 2 heterocycles. The summed E-state index contributed by atoms with van der Waals surface area (Å²) in [7, 11) is 3.15. The summed E-state index contributed by atoms with van der Waals surface area (Å²) in [5.74, 6) is 1.15. The van der Waals surface area contributed by atoms with Crippen molar-refractivity contribution in [3.05, 3.63) is 117 Å². The minimum absolute atomic E-state index is 0.284. The number of aromatic nitrogens is 1. The lowest BCUT2D eigenvalue weighted by atomic mass is 9.95. The van der Waals surface area contributed by atoms with Gasteiger partial charge in [0.2, 0.25) is 0 Å². The van der Waals surface area contributed by atoms with Gasteiger partial charge in [-0.25, -0.2) is 9.79 Å². The van der Waals surface area contributed by atoms with E-state index in [1.807, 2.05) is 30.3 Å². The number of allylic oxidation sites excluding steroid dienone is 1. The second-order valence-corrected chi connectivity index (χ2v) is 13.4. The summed E-state index contributed by atoms with van der Waals surface area (Å²) in [6.07, 6.45) is 1.44. The summed E-state index contributed by atoms with van der Waals surface area (Å²) in [5.41, 5.74) is 6.58. The first-order valence-electron chi connectivity index (χ1n) is 14.9. The summed E-state index contributed by atoms with van der Waals surface area (Å²) in [6.45, 7) is 12.0. The van der Waals surface area contributed by atoms with Gasteiger partial charge in [0.25, 0.3) is 5.56 Å². The van der Waals surface area contributed by atoms with E-state index in [0.29, 0.717) is 44.4 Å². The molecule has 0 amide bonds. The highest BCUT2D eigenvalue weighted by atomic mass is 79.9. The number of thiazole rings is 1. The molecule has 0 unspecified atom stereocenters. The molecule has 5 rings (SSSR count). The molecule has 0 fully saturated rings. The Morgan fingerprint density at radius 3 is 2.30 bits per heavy atom. The summed E-state index contributed by atoms with van der Waals surface area (Å²) < 4.78 is 26.0. The molecule has 0 N–H and O–H groups in total. The number of nitrogens with zero attached hydrogens (tertiary/aromatic N) is 2. The summed E-state index contributed by atoms with van der Waals surface area (Å²) >= 11 is 4.79. The zero-order valence-corrected chi connectivity index (χ0v) is 29.6. The zero-order chi connectivity index (χ0) is 33.3. The van der Waals surface area contributed by atoms with Gasteiger partial charge in [0.1, 0.15) is 18.4 Å². The number of hydrogen-bond acceptors (Lipinski definition) is 8. The Hall–Kier alpha value is -4.15. The first kappa shape index (κ1) is 33.2. The predicted octanol–water partition coefficient (Wildman–Crippen LogP) is 6.47. The fourth-order valence-electron chi connectivity index (χ4n) is 5.71. The Balaban J connectivity index is 1.58. The summed E-state index contributed by atoms with van der Waals surface area (Å²) in [6, 6.07) is 14.6. The highest BCUT2D eigenvalue weighted by molar-refractivity contribution is 9.10. The lowest BCUT2D eigenvalue weighted by Gasteiger charge is -2.26. The highest BCUT2D eigenvalue weighted by Crippen LogP contribution is 2.37. The first-order valence-corrected chi connectivity index (χ1v) is 16.5. The van der Waals surface area contributed by atoms with Gasteiger partial charge in [-0.1, -0.05) is 51.0 Å². The SMILES string of the molecule is COc1cc(/C=c2\sc3n(c2=O)[C@@H](c2cc(Br)ccc2OC)C(C(=O)OC(C)C)=C(C)N=3)ccc1OCc1c(C)cc(C)cc1C. The van der Waals surface area contributed by atoms with Crippen LogP contribution in [0, 0.1) is 20.8 Å². The number of carbonyl (C=O) groups excluding carboxylic acids is 1. The van der Waals surface area contributed by atoms with Crippen LogP contribution in [0.3, 0.4) is 0 Å². The van der Waals surface area contributed by atoms with E-state index in [0.717, 1.165) is 15.6 Å². The van der Waals surface area contributed by atoms with Crippen molar-refractivity contribution in [2.24, 2.45) is 4.99 Å². The molecule has 0 saturated heterocycles. The van der Waals surface area contributed by atoms with Crippen molar-refractivity contribution in [1.29, 1.82) is 0 Å². The lowest BCUT2D eigenvalue weighted by molar-refractivity contribution is -0.143. The third-order valence-electron chi connectivity index (χ3n) is 7.77. The number of esters is 1. The molecular formula is C36H37BrN2O6S. The van der Waals surface area contributed by atoms with E-state index in [1.54, 1.807) is 51.7 Å². The first-order chi connectivity index (χ1) is 21.9. The van der Waals surface area contributed by atoms with Crippen LogP contribution in [0.25, 0.3) is 6.08 Å². The van der Waals surface area contributed by atoms with Crippen molar-refractivity contribution < 1.29 is 23.7 Å². The number of fused-ring (bicyclic) bond motifs is 1. The largest absolute Gasteiger partial charge is 0.496 e. The Morgan fingerprint density at radius 2 is 1.65 bits per heavy atom. The minimum Gasteiger partial charge on any atom is -0.496 e. The minimum atomic E-state index is -0.809. The van der Waals surface area contributed by atoms with Crippen molar-refractivity contribution in [3.63, 3.8) is 0 Å². The van der Waals surface area contributed by atoms with Gasteiger partial charge in [-0.2, -0.15) is 0 Å². The molecule has 1 aliphatic rings. The van der Waals surface area contributed by atoms with E-state index in [9.17, 15) is 9.59 Å². The van der Waals surface area contributed by atoms with E-state index < -0.39 is 12.0 Å². The van der Waals surface area contributed by atoms with Crippen LogP contribution in [-0.4, -0.2) is 30.9 Å². The molecule has 1 aliphatic heterocycles. The number of hydrogen-bond donors (Lipinski definition) is 0. The molecule has 0 bridgehead atoms. The van der Waals surface area contributed by atoms with Crippen LogP contribution in [-0.2, 0) is 16.1 Å². The maximum absolute atomic E-state index is 14.2. The van der Waals surface area contributed by atoms with Crippen molar-refractivity contribution in [2.45, 2.75) is 60.3 Å². The number of benzene rings is 3. The molecule has 0 radical (unpaired) electrons. The molecule has 46 heavy (non-hydrogen) atoms. The van der Waals surface area contributed by atoms with Crippen LogP contribution >= 0.6 is 27.3 Å². The molecular weight excluding hydrogens is 668 g/mol. The Kier molecular flexibility index (Phi) is 9.88. The van der Waals surface area contributed by atoms with Gasteiger partial charge >= 0.3 is 5.97 Å². The molecule has 0 spiro atoms. The smallest absolute Gasteiger partial charge is 0.338 e. The van der Waals surface area contributed by atoms with E-state index in [2.05, 4.69) is 48.8 Å². The number of rotatable bonds is 9. The van der Waals surface area contributed by atoms with Crippen LogP contribution in [0.5, 0.6) is 17.2 Å². The second-order valence-electron chi connectivity index (χ2n) is 11.5. The van der Waals surface area contributed by atoms with Crippen LogP contribution in [0.15, 0.2) is 74.1 Å². The molecule has 240 valence electrons. The number of halogens is 1. The molecule has 1 aromatic heterocycles. The van der Waals surface area contributed by atoms with Gasteiger partial charge in [0.15, 0.2) is 16.3 Å². The normalized spacial score (nSPS) is 14.7. The quantitative estimate of drug-likeness (QED) is 0.186. The van der Waals surface area contributed by atoms with Crippen LogP contribution in [0.2, 0.25) is 0 Å². The number of aryl methyl sites for hydroxylation is 3. The zero-order valence-electron chi connectivity index (χ0n) is 27.2. The Labute approximate surface area is 280 Å². The van der Waals surface area contributed by atoms with Gasteiger partial charge in [-0.05, 0) is 100 Å². The molecule has 8 nitrogen and oxygen atoms in total. The van der Waals surface area contributed by atoms with E-state index in [4.69, 9.17) is 23.9 Å². The van der Waals surface area contributed by atoms with Crippen LogP contribution in [0.4, 0.5) is 0 Å². The summed E-state index contributed by atoms with van der Waals surface area (Å²) in [5, 5.41) is 0. The number of methoxy groups -OCH3 is 2. The standard InChI is InChI=1S/C36H37BrN2O6S/c1-19(2)45-35(41)32-23(6)38-36-39(33(32)26-17-25(37)10-12-28(26)42-7)34(40)31(46-36)16-24-9-11-29(30(15-24)43-8)44-18-27-21(4)13-20(3)14-22(27)5/h9-17,19,33H,18H2,1-8H3/b31-16-/t33-/m0/s1. The van der Waals surface area contributed by atoms with Crippen LogP contribution < -0.4 is 29.1 Å². The summed E-state index contributed by atoms with van der Waals surface area (Å²) in [4.78, 5) is 32.8. The average Bonchev–Trinajstić information content (AvgIpc) is 3.29. The highest BCUT2D eigenvalue weighted by Gasteiger charge is 2.35. The molecule has 0 saturated carbocycles. The van der Waals surface area contributed by atoms with Gasteiger partial charge in [0, 0.05) is 10.0 Å². The molecule has 0 aliphatic carbocycles. The van der Waals surface area contributed by atoms with Crippen LogP contribution in [0.1, 0.15) is 60.2 Å². The molecule has 3 aromatic carbocycles. The Morgan fingerprint density at radius 1 is 0.978 bits per heavy atom. The van der Waals surface area contributed by atoms with Gasteiger partial charge in [0.05, 0.1) is 36.1 Å². The monoisotopic (exact) mass is 704 g/mol. The van der Waals surface area contributed by atoms with Gasteiger partial charge < -0.3 is 18.9 Å². The second kappa shape index (κ2) is 13.7. The fraction of sp³-hybridized carbons (Fsp3) is 0.306. The molecule has 4 aromatic rings.